The largest absolute Gasteiger partial charge is 0.458 e. The first-order valence-electron chi connectivity index (χ1n) is 34.2. The maximum atomic E-state index is 7.56. The van der Waals surface area contributed by atoms with Crippen molar-refractivity contribution in [3.8, 4) is 22.6 Å². The Hall–Kier alpha value is -12.3. The Labute approximate surface area is 588 Å². The number of thiophene rings is 2. The number of rotatable bonds is 10. The van der Waals surface area contributed by atoms with Crippen LogP contribution in [0.5, 0.6) is 11.5 Å². The van der Waals surface area contributed by atoms with Gasteiger partial charge in [0.15, 0.2) is 0 Å². The molecule has 0 aliphatic carbocycles. The molecule has 466 valence electrons. The Balaban J connectivity index is 0.909. The van der Waals surface area contributed by atoms with E-state index >= 15 is 0 Å². The van der Waals surface area contributed by atoms with Crippen LogP contribution in [0.4, 0.5) is 85.3 Å². The number of para-hydroxylation sites is 7. The first kappa shape index (κ1) is 56.8. The third-order valence-electron chi connectivity index (χ3n) is 20.8. The molecule has 0 fully saturated rings. The summed E-state index contributed by atoms with van der Waals surface area (Å²) >= 11 is 3.71. The van der Waals surface area contributed by atoms with E-state index in [9.17, 15) is 0 Å². The number of hydrogen-bond donors (Lipinski definition) is 0. The highest BCUT2D eigenvalue weighted by Crippen LogP contribution is 2.55. The van der Waals surface area contributed by atoms with Gasteiger partial charge in [-0.3, -0.25) is 0 Å². The zero-order valence-electron chi connectivity index (χ0n) is 54.0. The van der Waals surface area contributed by atoms with Crippen LogP contribution in [-0.4, -0.2) is 13.4 Å². The van der Waals surface area contributed by atoms with Gasteiger partial charge in [0.1, 0.15) is 11.5 Å². The Morgan fingerprint density at radius 3 is 1.42 bits per heavy atom. The smallest absolute Gasteiger partial charge is 0.256 e. The third kappa shape index (κ3) is 8.64. The van der Waals surface area contributed by atoms with Crippen LogP contribution in [0.1, 0.15) is 0 Å². The standard InChI is InChI=1S/C90H57B2N5OS2/c1-6-28-58(29-7-1)65-38-16-21-43-72(65)96-76-57-77-71(56-70(76)91-68-41-19-22-44-73(68)95(62-36-14-5-15-37-62)78-52-63(53-79(96)89(78)91)93(59-30-8-2-9-31-59)60-32-10-3-11-33-60)92-69-42-20-23-47-81(69)98-82-55-64(54-80(90(82)92)97(77)75-46-27-51-86-88(75)67-40-18-25-49-84(67)100-86)94(61-34-12-4-13-35-61)74-45-26-50-85-87(74)66-39-17-24-48-83(66)99-85/h1-57H. The lowest BCUT2D eigenvalue weighted by atomic mass is 9.30. The Morgan fingerprint density at radius 2 is 0.740 bits per heavy atom. The van der Waals surface area contributed by atoms with Crippen LogP contribution < -0.4 is 62.0 Å². The van der Waals surface area contributed by atoms with Gasteiger partial charge >= 0.3 is 0 Å². The Bertz CT molecular complexity index is 6110. The third-order valence-corrected chi connectivity index (χ3v) is 23.1. The van der Waals surface area contributed by atoms with E-state index in [-0.39, 0.29) is 13.4 Å². The van der Waals surface area contributed by atoms with Crippen LogP contribution in [0.15, 0.2) is 346 Å². The van der Waals surface area contributed by atoms with Crippen molar-refractivity contribution < 1.29 is 4.74 Å². The van der Waals surface area contributed by atoms with Crippen LogP contribution in [0.25, 0.3) is 51.5 Å². The molecule has 0 radical (unpaired) electrons. The van der Waals surface area contributed by atoms with Gasteiger partial charge in [-0.1, -0.05) is 212 Å². The fourth-order valence-corrected chi connectivity index (χ4v) is 19.0. The van der Waals surface area contributed by atoms with Gasteiger partial charge in [0, 0.05) is 109 Å². The molecule has 0 saturated carbocycles. The summed E-state index contributed by atoms with van der Waals surface area (Å²) in [4.78, 5) is 12.7. The molecule has 0 unspecified atom stereocenters. The lowest BCUT2D eigenvalue weighted by Crippen LogP contribution is -2.64. The summed E-state index contributed by atoms with van der Waals surface area (Å²) in [7, 11) is 0. The molecule has 4 aliphatic rings. The van der Waals surface area contributed by atoms with Crippen molar-refractivity contribution in [2.45, 2.75) is 0 Å². The van der Waals surface area contributed by atoms with E-state index in [1.54, 1.807) is 0 Å². The summed E-state index contributed by atoms with van der Waals surface area (Å²) in [5, 5.41) is 4.90. The second kappa shape index (κ2) is 22.6. The zero-order chi connectivity index (χ0) is 65.5. The minimum atomic E-state index is -0.244. The van der Waals surface area contributed by atoms with E-state index in [0.717, 1.165) is 119 Å². The van der Waals surface area contributed by atoms with Crippen LogP contribution in [0.3, 0.4) is 0 Å². The molecule has 100 heavy (non-hydrogen) atoms. The topological polar surface area (TPSA) is 25.4 Å². The normalized spacial score (nSPS) is 13.0. The Kier molecular flexibility index (Phi) is 12.9. The molecule has 0 saturated heterocycles. The molecule has 6 heterocycles. The van der Waals surface area contributed by atoms with E-state index in [1.165, 1.54) is 62.2 Å². The van der Waals surface area contributed by atoms with Crippen molar-refractivity contribution in [2.24, 2.45) is 0 Å². The Morgan fingerprint density at radius 1 is 0.270 bits per heavy atom. The fraction of sp³-hybridized carbons (Fsp3) is 0. The summed E-state index contributed by atoms with van der Waals surface area (Å²) in [5.74, 6) is 1.68. The minimum Gasteiger partial charge on any atom is -0.458 e. The molecule has 15 aromatic carbocycles. The van der Waals surface area contributed by atoms with Gasteiger partial charge < -0.3 is 29.2 Å². The van der Waals surface area contributed by atoms with E-state index in [1.807, 2.05) is 22.7 Å². The van der Waals surface area contributed by atoms with Crippen LogP contribution in [0.2, 0.25) is 0 Å². The van der Waals surface area contributed by atoms with Gasteiger partial charge in [0.2, 0.25) is 0 Å². The van der Waals surface area contributed by atoms with Crippen molar-refractivity contribution in [2.75, 3.05) is 24.5 Å². The first-order chi connectivity index (χ1) is 49.6. The molecule has 0 bridgehead atoms. The lowest BCUT2D eigenvalue weighted by Gasteiger charge is -2.47. The number of nitrogens with zero attached hydrogens (tertiary/aromatic N) is 5. The molecular formula is C90H57B2N5OS2. The second-order valence-corrected chi connectivity index (χ2v) is 28.4. The molecule has 2 aromatic heterocycles. The summed E-state index contributed by atoms with van der Waals surface area (Å²) in [6, 6.07) is 128. The number of ether oxygens (including phenoxy) is 1. The van der Waals surface area contributed by atoms with Gasteiger partial charge in [0.25, 0.3) is 13.4 Å². The predicted octanol–water partition coefficient (Wildman–Crippen LogP) is 21.5. The molecule has 0 atom stereocenters. The summed E-state index contributed by atoms with van der Waals surface area (Å²) in [6.07, 6.45) is 0. The first-order valence-corrected chi connectivity index (χ1v) is 35.8. The van der Waals surface area contributed by atoms with Crippen molar-refractivity contribution >= 4 is 195 Å². The highest BCUT2D eigenvalue weighted by atomic mass is 32.1. The maximum absolute atomic E-state index is 7.56. The van der Waals surface area contributed by atoms with Crippen LogP contribution >= 0.6 is 22.7 Å². The molecule has 17 aromatic rings. The maximum Gasteiger partial charge on any atom is 0.256 e. The average molecular weight is 1310 g/mol. The number of anilines is 15. The van der Waals surface area contributed by atoms with Crippen LogP contribution in [-0.2, 0) is 0 Å². The van der Waals surface area contributed by atoms with Gasteiger partial charge in [-0.2, -0.15) is 0 Å². The minimum absolute atomic E-state index is 0.219. The van der Waals surface area contributed by atoms with E-state index in [0.29, 0.717) is 0 Å². The molecule has 0 N–H and O–H groups in total. The lowest BCUT2D eigenvalue weighted by molar-refractivity contribution is 0.487. The quantitative estimate of drug-likeness (QED) is 0.127. The zero-order valence-corrected chi connectivity index (χ0v) is 55.7. The monoisotopic (exact) mass is 1310 g/mol. The molecule has 4 aliphatic heterocycles. The van der Waals surface area contributed by atoms with Gasteiger partial charge in [-0.05, 0) is 166 Å². The molecular weight excluding hydrogens is 1250 g/mol. The van der Waals surface area contributed by atoms with E-state index in [2.05, 4.69) is 370 Å². The van der Waals surface area contributed by atoms with Crippen molar-refractivity contribution in [1.29, 1.82) is 0 Å². The van der Waals surface area contributed by atoms with Crippen molar-refractivity contribution in [1.82, 2.24) is 0 Å². The molecule has 0 amide bonds. The fourth-order valence-electron chi connectivity index (χ4n) is 16.8. The van der Waals surface area contributed by atoms with Gasteiger partial charge in [0.05, 0.1) is 28.4 Å². The highest BCUT2D eigenvalue weighted by molar-refractivity contribution is 7.26. The summed E-state index contributed by atoms with van der Waals surface area (Å²) in [5.41, 5.74) is 25.6. The van der Waals surface area contributed by atoms with Gasteiger partial charge in [-0.15, -0.1) is 22.7 Å². The predicted molar refractivity (Wildman–Crippen MR) is 427 cm³/mol. The number of fused-ring (bicyclic) bond motifs is 14. The molecule has 6 nitrogen and oxygen atoms in total. The molecule has 10 heteroatoms. The number of hydrogen-bond acceptors (Lipinski definition) is 8. The summed E-state index contributed by atoms with van der Waals surface area (Å²) < 4.78 is 12.5. The summed E-state index contributed by atoms with van der Waals surface area (Å²) in [6.45, 7) is -0.462. The SMILES string of the molecule is c1ccc(-c2ccccc2N2c3cc4c(cc3B3c5ccccc5N(c5ccccc5)c5cc(N(c6ccccc6)c6ccccc6)cc2c53)B2c3ccccc3Oc3cc(N(c5ccccc5)c5cccc6sc7ccccc7c56)cc(c32)N4c2cccc3sc4ccccc4c23)cc1. The molecule has 0 spiro atoms. The van der Waals surface area contributed by atoms with Crippen LogP contribution in [0, 0.1) is 0 Å². The van der Waals surface area contributed by atoms with E-state index < -0.39 is 0 Å². The highest BCUT2D eigenvalue weighted by Gasteiger charge is 2.49. The number of benzene rings is 15. The van der Waals surface area contributed by atoms with Crippen molar-refractivity contribution in [3.63, 3.8) is 0 Å². The average Bonchev–Trinajstić information content (AvgIpc) is 0.745. The second-order valence-electron chi connectivity index (χ2n) is 26.2. The van der Waals surface area contributed by atoms with Crippen molar-refractivity contribution in [3.05, 3.63) is 346 Å². The van der Waals surface area contributed by atoms with E-state index in [4.69, 9.17) is 4.74 Å². The van der Waals surface area contributed by atoms with Gasteiger partial charge in [-0.25, -0.2) is 0 Å². The molecule has 21 rings (SSSR count).